The zero-order valence-corrected chi connectivity index (χ0v) is 18.7. The van der Waals surface area contributed by atoms with E-state index in [9.17, 15) is 9.59 Å². The molecular formula is C24H29N3O3S. The Bertz CT molecular complexity index is 926. The van der Waals surface area contributed by atoms with Gasteiger partial charge in [0.2, 0.25) is 5.91 Å². The molecule has 2 aliphatic heterocycles. The zero-order chi connectivity index (χ0) is 21.6. The molecule has 1 fully saturated rings. The molecule has 1 saturated heterocycles. The maximum absolute atomic E-state index is 12.7. The van der Waals surface area contributed by atoms with Crippen LogP contribution in [-0.2, 0) is 16.1 Å². The molecule has 0 radical (unpaired) electrons. The minimum atomic E-state index is -0.0944. The molecule has 0 unspecified atom stereocenters. The van der Waals surface area contributed by atoms with Crippen molar-refractivity contribution in [2.75, 3.05) is 50.0 Å². The largest absolute Gasteiger partial charge is 0.379 e. The van der Waals surface area contributed by atoms with E-state index >= 15 is 0 Å². The molecule has 2 aromatic carbocycles. The van der Waals surface area contributed by atoms with Crippen molar-refractivity contribution in [1.82, 2.24) is 10.2 Å². The standard InChI is InChI=1S/C24H29N3O3S/c1-18-3-5-19(6-4-18)16-27-21-15-20(7-8-22(21)31-17-23(27)28)24(29)25-9-2-10-26-11-13-30-14-12-26/h3-8,15H,2,9-14,16-17H2,1H3,(H,25,29). The molecule has 1 N–H and O–H groups in total. The predicted octanol–water partition coefficient (Wildman–Crippen LogP) is 3.09. The van der Waals surface area contributed by atoms with E-state index in [0.717, 1.165) is 55.4 Å². The van der Waals surface area contributed by atoms with Gasteiger partial charge in [0.1, 0.15) is 0 Å². The number of benzene rings is 2. The van der Waals surface area contributed by atoms with Gasteiger partial charge >= 0.3 is 0 Å². The van der Waals surface area contributed by atoms with Crippen LogP contribution in [0.5, 0.6) is 0 Å². The first-order valence-corrected chi connectivity index (χ1v) is 11.8. The van der Waals surface area contributed by atoms with Crippen LogP contribution in [0.1, 0.15) is 27.9 Å². The van der Waals surface area contributed by atoms with Crippen LogP contribution in [0.25, 0.3) is 0 Å². The summed E-state index contributed by atoms with van der Waals surface area (Å²) >= 11 is 1.53. The molecule has 2 aromatic rings. The summed E-state index contributed by atoms with van der Waals surface area (Å²) in [6.45, 7) is 7.65. The summed E-state index contributed by atoms with van der Waals surface area (Å²) in [7, 11) is 0. The molecule has 0 spiro atoms. The number of nitrogens with one attached hydrogen (secondary N) is 1. The smallest absolute Gasteiger partial charge is 0.251 e. The highest BCUT2D eigenvalue weighted by Crippen LogP contribution is 2.36. The minimum absolute atomic E-state index is 0.0705. The van der Waals surface area contributed by atoms with E-state index < -0.39 is 0 Å². The van der Waals surface area contributed by atoms with E-state index in [0.29, 0.717) is 24.4 Å². The van der Waals surface area contributed by atoms with Crippen molar-refractivity contribution in [2.45, 2.75) is 24.8 Å². The Morgan fingerprint density at radius 2 is 1.90 bits per heavy atom. The van der Waals surface area contributed by atoms with Crippen molar-refractivity contribution in [3.63, 3.8) is 0 Å². The molecule has 164 valence electrons. The molecule has 7 heteroatoms. The minimum Gasteiger partial charge on any atom is -0.379 e. The maximum Gasteiger partial charge on any atom is 0.251 e. The van der Waals surface area contributed by atoms with Gasteiger partial charge in [-0.1, -0.05) is 29.8 Å². The first kappa shape index (κ1) is 21.9. The number of amides is 2. The van der Waals surface area contributed by atoms with Crippen LogP contribution >= 0.6 is 11.8 Å². The molecule has 4 rings (SSSR count). The molecule has 0 aromatic heterocycles. The number of morpholine rings is 1. The van der Waals surface area contributed by atoms with E-state index in [1.165, 1.54) is 17.3 Å². The Hall–Kier alpha value is -2.35. The lowest BCUT2D eigenvalue weighted by molar-refractivity contribution is -0.116. The normalized spacial score (nSPS) is 16.8. The van der Waals surface area contributed by atoms with Crippen molar-refractivity contribution >= 4 is 29.3 Å². The van der Waals surface area contributed by atoms with E-state index in [2.05, 4.69) is 34.5 Å². The number of hydrogen-bond acceptors (Lipinski definition) is 5. The molecule has 6 nitrogen and oxygen atoms in total. The third-order valence-corrected chi connectivity index (χ3v) is 6.71. The highest BCUT2D eigenvalue weighted by Gasteiger charge is 2.26. The molecule has 2 aliphatic rings. The third kappa shape index (κ3) is 5.67. The number of rotatable bonds is 7. The van der Waals surface area contributed by atoms with Gasteiger partial charge in [0.25, 0.3) is 5.91 Å². The summed E-state index contributed by atoms with van der Waals surface area (Å²) in [5, 5.41) is 3.02. The van der Waals surface area contributed by atoms with Crippen molar-refractivity contribution in [3.05, 3.63) is 59.2 Å². The summed E-state index contributed by atoms with van der Waals surface area (Å²) < 4.78 is 5.37. The summed E-state index contributed by atoms with van der Waals surface area (Å²) in [6.07, 6.45) is 0.907. The van der Waals surface area contributed by atoms with Gasteiger partial charge in [-0.3, -0.25) is 14.5 Å². The SMILES string of the molecule is Cc1ccc(CN2C(=O)CSc3ccc(C(=O)NCCCN4CCOCC4)cc32)cc1. The van der Waals surface area contributed by atoms with Gasteiger partial charge in [-0.2, -0.15) is 0 Å². The number of carbonyl (C=O) groups is 2. The van der Waals surface area contributed by atoms with Gasteiger partial charge in [-0.15, -0.1) is 11.8 Å². The second-order valence-corrected chi connectivity index (χ2v) is 9.02. The lowest BCUT2D eigenvalue weighted by atomic mass is 10.1. The number of fused-ring (bicyclic) bond motifs is 1. The fourth-order valence-corrected chi connectivity index (χ4v) is 4.74. The van der Waals surface area contributed by atoms with Crippen LogP contribution < -0.4 is 10.2 Å². The predicted molar refractivity (Wildman–Crippen MR) is 124 cm³/mol. The summed E-state index contributed by atoms with van der Waals surface area (Å²) in [5.74, 6) is 0.399. The van der Waals surface area contributed by atoms with E-state index in [1.54, 1.807) is 4.90 Å². The van der Waals surface area contributed by atoms with E-state index in [4.69, 9.17) is 4.74 Å². The highest BCUT2D eigenvalue weighted by molar-refractivity contribution is 8.00. The van der Waals surface area contributed by atoms with Gasteiger partial charge in [-0.25, -0.2) is 0 Å². The Morgan fingerprint density at radius 1 is 1.13 bits per heavy atom. The average molecular weight is 440 g/mol. The van der Waals surface area contributed by atoms with Crippen molar-refractivity contribution < 1.29 is 14.3 Å². The molecule has 0 atom stereocenters. The monoisotopic (exact) mass is 439 g/mol. The number of hydrogen-bond donors (Lipinski definition) is 1. The molecule has 0 saturated carbocycles. The number of anilines is 1. The van der Waals surface area contributed by atoms with Gasteiger partial charge in [0, 0.05) is 30.1 Å². The van der Waals surface area contributed by atoms with Crippen molar-refractivity contribution in [2.24, 2.45) is 0 Å². The van der Waals surface area contributed by atoms with Crippen LogP contribution in [0.2, 0.25) is 0 Å². The summed E-state index contributed by atoms with van der Waals surface area (Å²) in [5.41, 5.74) is 3.68. The second-order valence-electron chi connectivity index (χ2n) is 8.00. The Balaban J connectivity index is 1.39. The van der Waals surface area contributed by atoms with Gasteiger partial charge in [-0.05, 0) is 43.7 Å². The van der Waals surface area contributed by atoms with Crippen LogP contribution in [0.4, 0.5) is 5.69 Å². The number of nitrogens with zero attached hydrogens (tertiary/aromatic N) is 2. The average Bonchev–Trinajstić information content (AvgIpc) is 2.80. The quantitative estimate of drug-likeness (QED) is 0.672. The fourth-order valence-electron chi connectivity index (χ4n) is 3.82. The fraction of sp³-hybridized carbons (Fsp3) is 0.417. The topological polar surface area (TPSA) is 61.9 Å². The molecule has 2 heterocycles. The van der Waals surface area contributed by atoms with Crippen molar-refractivity contribution in [1.29, 1.82) is 0 Å². The summed E-state index contributed by atoms with van der Waals surface area (Å²) in [6, 6.07) is 13.9. The lowest BCUT2D eigenvalue weighted by Crippen LogP contribution is -2.38. The molecule has 2 amide bonds. The lowest BCUT2D eigenvalue weighted by Gasteiger charge is -2.29. The van der Waals surface area contributed by atoms with Crippen LogP contribution in [0.15, 0.2) is 47.4 Å². The first-order valence-electron chi connectivity index (χ1n) is 10.8. The second kappa shape index (κ2) is 10.3. The Labute approximate surface area is 187 Å². The van der Waals surface area contributed by atoms with Crippen molar-refractivity contribution in [3.8, 4) is 0 Å². The van der Waals surface area contributed by atoms with E-state index in [-0.39, 0.29) is 11.8 Å². The van der Waals surface area contributed by atoms with Gasteiger partial charge in [0.05, 0.1) is 31.2 Å². The molecule has 31 heavy (non-hydrogen) atoms. The molecular weight excluding hydrogens is 410 g/mol. The molecule has 0 aliphatic carbocycles. The van der Waals surface area contributed by atoms with Crippen LogP contribution in [0.3, 0.4) is 0 Å². The Morgan fingerprint density at radius 3 is 2.68 bits per heavy atom. The summed E-state index contributed by atoms with van der Waals surface area (Å²) in [4.78, 5) is 30.6. The van der Waals surface area contributed by atoms with Gasteiger partial charge in [0.15, 0.2) is 0 Å². The number of thioether (sulfide) groups is 1. The third-order valence-electron chi connectivity index (χ3n) is 5.67. The highest BCUT2D eigenvalue weighted by atomic mass is 32.2. The van der Waals surface area contributed by atoms with Crippen LogP contribution in [-0.4, -0.2) is 61.9 Å². The number of ether oxygens (including phenoxy) is 1. The first-order chi connectivity index (χ1) is 15.1. The van der Waals surface area contributed by atoms with Crippen LogP contribution in [0, 0.1) is 6.92 Å². The van der Waals surface area contributed by atoms with Gasteiger partial charge < -0.3 is 15.0 Å². The maximum atomic E-state index is 12.7. The van der Waals surface area contributed by atoms with E-state index in [1.807, 2.05) is 25.1 Å². The number of carbonyl (C=O) groups excluding carboxylic acids is 2. The Kier molecular flexibility index (Phi) is 7.27. The number of aryl methyl sites for hydroxylation is 1. The molecule has 0 bridgehead atoms. The zero-order valence-electron chi connectivity index (χ0n) is 17.9.